The molecular weight excluding hydrogens is 287 g/mol. The molecule has 0 aliphatic carbocycles. The van der Waals surface area contributed by atoms with E-state index in [4.69, 9.17) is 10.2 Å². The van der Waals surface area contributed by atoms with E-state index < -0.39 is 36.4 Å². The minimum atomic E-state index is -2.86. The van der Waals surface area contributed by atoms with Crippen molar-refractivity contribution in [3.8, 4) is 0 Å². The van der Waals surface area contributed by atoms with Crippen LogP contribution in [0.3, 0.4) is 0 Å². The SMILES string of the molecule is O=C([O-])CC(O)(CC(=O)[O-])C(=O)O.[Rh+2]. The number of rotatable bonds is 5. The molecule has 0 spiro atoms. The van der Waals surface area contributed by atoms with Crippen molar-refractivity contribution >= 4 is 17.9 Å². The van der Waals surface area contributed by atoms with E-state index in [2.05, 4.69) is 0 Å². The molecule has 7 nitrogen and oxygen atoms in total. The molecule has 0 bridgehead atoms. The van der Waals surface area contributed by atoms with Crippen molar-refractivity contribution in [1.82, 2.24) is 0 Å². The summed E-state index contributed by atoms with van der Waals surface area (Å²) in [5.74, 6) is -5.65. The van der Waals surface area contributed by atoms with Crippen LogP contribution < -0.4 is 10.2 Å². The van der Waals surface area contributed by atoms with Crippen molar-refractivity contribution in [2.75, 3.05) is 0 Å². The molecule has 0 aliphatic rings. The fraction of sp³-hybridized carbons (Fsp3) is 0.500. The van der Waals surface area contributed by atoms with Gasteiger partial charge in [0.2, 0.25) is 0 Å². The average molecular weight is 293 g/mol. The Bertz CT molecular complexity index is 233. The van der Waals surface area contributed by atoms with Gasteiger partial charge in [-0.05, 0) is 0 Å². The fourth-order valence-electron chi connectivity index (χ4n) is 0.691. The largest absolute Gasteiger partial charge is 2.00 e. The van der Waals surface area contributed by atoms with E-state index in [1.807, 2.05) is 0 Å². The normalized spacial score (nSPS) is 10.1. The van der Waals surface area contributed by atoms with E-state index in [1.54, 1.807) is 0 Å². The molecule has 0 saturated heterocycles. The van der Waals surface area contributed by atoms with Gasteiger partial charge >= 0.3 is 25.4 Å². The van der Waals surface area contributed by atoms with Gasteiger partial charge in [0.15, 0.2) is 5.60 Å². The third-order valence-corrected chi connectivity index (χ3v) is 1.27. The first-order valence-electron chi connectivity index (χ1n) is 3.13. The van der Waals surface area contributed by atoms with Crippen LogP contribution in [0.4, 0.5) is 0 Å². The molecule has 0 unspecified atom stereocenters. The number of hydrogen-bond acceptors (Lipinski definition) is 6. The monoisotopic (exact) mass is 293 g/mol. The predicted molar refractivity (Wildman–Crippen MR) is 31.8 cm³/mol. The number of aliphatic carboxylic acids is 3. The zero-order valence-electron chi connectivity index (χ0n) is 6.68. The Balaban J connectivity index is 0. The van der Waals surface area contributed by atoms with Crippen molar-refractivity contribution in [2.45, 2.75) is 18.4 Å². The molecule has 0 heterocycles. The Labute approximate surface area is 91.1 Å². The predicted octanol–water partition coefficient (Wildman–Crippen LogP) is -3.92. The minimum absolute atomic E-state index is 0. The minimum Gasteiger partial charge on any atom is -0.550 e. The maximum Gasteiger partial charge on any atom is 2.00 e. The van der Waals surface area contributed by atoms with Gasteiger partial charge in [-0.3, -0.25) is 0 Å². The van der Waals surface area contributed by atoms with Gasteiger partial charge in [0, 0.05) is 24.8 Å². The first-order valence-corrected chi connectivity index (χ1v) is 3.13. The molecule has 0 atom stereocenters. The number of hydrogen-bond donors (Lipinski definition) is 2. The van der Waals surface area contributed by atoms with Gasteiger partial charge in [-0.2, -0.15) is 0 Å². The summed E-state index contributed by atoms with van der Waals surface area (Å²) in [4.78, 5) is 30.2. The molecule has 0 amide bonds. The van der Waals surface area contributed by atoms with Crippen molar-refractivity contribution in [1.29, 1.82) is 0 Å². The Morgan fingerprint density at radius 3 is 1.50 bits per heavy atom. The molecule has 81 valence electrons. The van der Waals surface area contributed by atoms with Gasteiger partial charge in [0.05, 0.1) is 0 Å². The van der Waals surface area contributed by atoms with Crippen LogP contribution in [0.15, 0.2) is 0 Å². The molecular formula is C6H6O7Rh. The molecule has 8 heteroatoms. The standard InChI is InChI=1S/C6H8O7.Rh/c7-3(8)1-6(13,5(11)12)2-4(9)10;/h13H,1-2H2,(H,7,8)(H,9,10)(H,11,12);/q;+2/p-2. The van der Waals surface area contributed by atoms with Crippen LogP contribution in [0, 0.1) is 0 Å². The Morgan fingerprint density at radius 1 is 1.07 bits per heavy atom. The van der Waals surface area contributed by atoms with Crippen LogP contribution in [0.1, 0.15) is 12.8 Å². The molecule has 1 radical (unpaired) electrons. The van der Waals surface area contributed by atoms with Crippen LogP contribution >= 0.6 is 0 Å². The Kier molecular flexibility index (Phi) is 6.26. The van der Waals surface area contributed by atoms with Crippen LogP contribution in [-0.2, 0) is 33.9 Å². The van der Waals surface area contributed by atoms with Gasteiger partial charge < -0.3 is 30.0 Å². The van der Waals surface area contributed by atoms with Crippen molar-refractivity contribution in [2.24, 2.45) is 0 Å². The molecule has 0 fully saturated rings. The molecule has 14 heavy (non-hydrogen) atoms. The van der Waals surface area contributed by atoms with E-state index >= 15 is 0 Å². The van der Waals surface area contributed by atoms with Gasteiger partial charge in [0.1, 0.15) is 0 Å². The summed E-state index contributed by atoms with van der Waals surface area (Å²) >= 11 is 0. The number of carboxylic acid groups (broad SMARTS) is 3. The number of carbonyl (C=O) groups excluding carboxylic acids is 2. The fourth-order valence-corrected chi connectivity index (χ4v) is 0.691. The second-order valence-corrected chi connectivity index (χ2v) is 2.43. The van der Waals surface area contributed by atoms with Crippen molar-refractivity contribution < 1.29 is 54.3 Å². The summed E-state index contributed by atoms with van der Waals surface area (Å²) in [6, 6.07) is 0. The summed E-state index contributed by atoms with van der Waals surface area (Å²) < 4.78 is 0. The molecule has 0 aromatic heterocycles. The van der Waals surface area contributed by atoms with E-state index in [-0.39, 0.29) is 19.5 Å². The van der Waals surface area contributed by atoms with Gasteiger partial charge in [-0.1, -0.05) is 0 Å². The van der Waals surface area contributed by atoms with Crippen LogP contribution in [0.5, 0.6) is 0 Å². The van der Waals surface area contributed by atoms with E-state index in [0.717, 1.165) is 0 Å². The molecule has 0 aromatic carbocycles. The van der Waals surface area contributed by atoms with E-state index in [1.165, 1.54) is 0 Å². The van der Waals surface area contributed by atoms with E-state index in [9.17, 15) is 24.6 Å². The molecule has 0 aliphatic heterocycles. The summed E-state index contributed by atoms with van der Waals surface area (Å²) in [6.45, 7) is 0. The summed E-state index contributed by atoms with van der Waals surface area (Å²) in [5, 5.41) is 37.2. The smallest absolute Gasteiger partial charge is 0.550 e. The van der Waals surface area contributed by atoms with Gasteiger partial charge in [-0.15, -0.1) is 0 Å². The zero-order valence-corrected chi connectivity index (χ0v) is 8.32. The topological polar surface area (TPSA) is 138 Å². The van der Waals surface area contributed by atoms with Gasteiger partial charge in [-0.25, -0.2) is 4.79 Å². The maximum atomic E-state index is 10.3. The average Bonchev–Trinajstić information content (AvgIpc) is 1.82. The molecule has 0 aromatic rings. The Morgan fingerprint density at radius 2 is 1.36 bits per heavy atom. The maximum absolute atomic E-state index is 10.3. The molecule has 0 rings (SSSR count). The summed E-state index contributed by atoms with van der Waals surface area (Å²) in [6.07, 6.45) is -2.59. The second kappa shape index (κ2) is 5.67. The van der Waals surface area contributed by atoms with Crippen LogP contribution in [-0.4, -0.2) is 33.7 Å². The first-order chi connectivity index (χ1) is 5.78. The third-order valence-electron chi connectivity index (χ3n) is 1.27. The van der Waals surface area contributed by atoms with Crippen molar-refractivity contribution in [3.05, 3.63) is 0 Å². The van der Waals surface area contributed by atoms with Crippen LogP contribution in [0.2, 0.25) is 0 Å². The van der Waals surface area contributed by atoms with Gasteiger partial charge in [0.25, 0.3) is 0 Å². The van der Waals surface area contributed by atoms with Crippen LogP contribution in [0.25, 0.3) is 0 Å². The summed E-state index contributed by atoms with van der Waals surface area (Å²) in [5.41, 5.74) is -2.86. The third kappa shape index (κ3) is 4.88. The number of carboxylic acids is 3. The van der Waals surface area contributed by atoms with Crippen molar-refractivity contribution in [3.63, 3.8) is 0 Å². The number of aliphatic hydroxyl groups is 1. The number of carbonyl (C=O) groups is 3. The molecule has 2 N–H and O–H groups in total. The second-order valence-electron chi connectivity index (χ2n) is 2.43. The summed E-state index contributed by atoms with van der Waals surface area (Å²) in [7, 11) is 0. The zero-order chi connectivity index (χ0) is 10.6. The molecule has 0 saturated carbocycles. The van der Waals surface area contributed by atoms with E-state index in [0.29, 0.717) is 0 Å². The quantitative estimate of drug-likeness (QED) is 0.494. The first kappa shape index (κ1) is 15.5. The Hall–Kier alpha value is -1.01.